The van der Waals surface area contributed by atoms with E-state index in [1.807, 2.05) is 18.2 Å². The van der Waals surface area contributed by atoms with Gasteiger partial charge in [-0.05, 0) is 23.3 Å². The smallest absolute Gasteiger partial charge is 0.331 e. The molecule has 0 spiro atoms. The Labute approximate surface area is 187 Å². The molecule has 2 aliphatic rings. The van der Waals surface area contributed by atoms with Crippen molar-refractivity contribution in [3.63, 3.8) is 0 Å². The van der Waals surface area contributed by atoms with E-state index in [0.717, 1.165) is 15.7 Å². The highest BCUT2D eigenvalue weighted by atomic mass is 16.7. The molecule has 1 aromatic heterocycles. The summed E-state index contributed by atoms with van der Waals surface area (Å²) < 4.78 is 11.8. The zero-order chi connectivity index (χ0) is 23.1. The fraction of sp³-hybridized carbons (Fsp3) is 0.217. The molecule has 3 aromatic rings. The van der Waals surface area contributed by atoms with Crippen LogP contribution in [0, 0.1) is 0 Å². The molecule has 2 N–H and O–H groups in total. The summed E-state index contributed by atoms with van der Waals surface area (Å²) in [7, 11) is 0. The van der Waals surface area contributed by atoms with Gasteiger partial charge in [0.15, 0.2) is 11.5 Å². The summed E-state index contributed by atoms with van der Waals surface area (Å²) >= 11 is 0. The minimum atomic E-state index is -0.768. The first kappa shape index (κ1) is 20.6. The molecule has 10 nitrogen and oxygen atoms in total. The molecule has 3 heterocycles. The standard InChI is InChI=1S/C23H20N4O6/c1-13(28)27-17(15-7-8-18-19(9-15)33-12-32-18)10-16(25-27)20-21(29)24-23(31)26(22(20)30)11-14-5-3-2-4-6-14/h2-9,17,30H,10-12H2,1H3,(H,24,29,31)/t17-/m1/s1. The molecule has 2 aliphatic heterocycles. The summed E-state index contributed by atoms with van der Waals surface area (Å²) in [5, 5.41) is 16.5. The molecule has 2 aromatic carbocycles. The Kier molecular flexibility index (Phi) is 4.97. The maximum atomic E-state index is 12.7. The highest BCUT2D eigenvalue weighted by molar-refractivity contribution is 6.04. The first-order valence-electron chi connectivity index (χ1n) is 10.3. The summed E-state index contributed by atoms with van der Waals surface area (Å²) in [4.78, 5) is 39.7. The second-order valence-corrected chi connectivity index (χ2v) is 7.77. The van der Waals surface area contributed by atoms with Crippen LogP contribution in [-0.2, 0) is 11.3 Å². The largest absolute Gasteiger partial charge is 0.494 e. The van der Waals surface area contributed by atoms with Gasteiger partial charge in [-0.2, -0.15) is 5.10 Å². The van der Waals surface area contributed by atoms with Crippen molar-refractivity contribution in [3.05, 3.63) is 86.1 Å². The molecule has 1 amide bonds. The number of hydrazone groups is 1. The van der Waals surface area contributed by atoms with Crippen molar-refractivity contribution in [1.82, 2.24) is 14.6 Å². The van der Waals surface area contributed by atoms with Crippen molar-refractivity contribution in [2.75, 3.05) is 6.79 Å². The van der Waals surface area contributed by atoms with Crippen molar-refractivity contribution in [1.29, 1.82) is 0 Å². The van der Waals surface area contributed by atoms with Crippen molar-refractivity contribution in [3.8, 4) is 17.4 Å². The van der Waals surface area contributed by atoms with Crippen LogP contribution in [0.5, 0.6) is 17.4 Å². The number of aromatic nitrogens is 2. The van der Waals surface area contributed by atoms with Crippen molar-refractivity contribution < 1.29 is 19.4 Å². The lowest BCUT2D eigenvalue weighted by molar-refractivity contribution is -0.130. The zero-order valence-electron chi connectivity index (χ0n) is 17.6. The topological polar surface area (TPSA) is 126 Å². The van der Waals surface area contributed by atoms with E-state index >= 15 is 0 Å². The number of aromatic hydroxyl groups is 1. The number of fused-ring (bicyclic) bond motifs is 1. The number of amides is 1. The van der Waals surface area contributed by atoms with Gasteiger partial charge in [0.2, 0.25) is 18.6 Å². The number of carbonyl (C=O) groups excluding carboxylic acids is 1. The van der Waals surface area contributed by atoms with Gasteiger partial charge in [-0.1, -0.05) is 36.4 Å². The van der Waals surface area contributed by atoms with Crippen LogP contribution < -0.4 is 20.7 Å². The molecule has 168 valence electrons. The average Bonchev–Trinajstić information content (AvgIpc) is 3.44. The van der Waals surface area contributed by atoms with E-state index in [2.05, 4.69) is 10.1 Å². The van der Waals surface area contributed by atoms with Gasteiger partial charge in [0.1, 0.15) is 5.56 Å². The van der Waals surface area contributed by atoms with Gasteiger partial charge in [-0.15, -0.1) is 0 Å². The first-order valence-corrected chi connectivity index (χ1v) is 10.3. The van der Waals surface area contributed by atoms with Crippen LogP contribution in [0.3, 0.4) is 0 Å². The fourth-order valence-electron chi connectivity index (χ4n) is 4.06. The summed E-state index contributed by atoms with van der Waals surface area (Å²) in [6, 6.07) is 13.9. The Balaban J connectivity index is 1.54. The van der Waals surface area contributed by atoms with Gasteiger partial charge in [0.25, 0.3) is 5.56 Å². The quantitative estimate of drug-likeness (QED) is 0.626. The van der Waals surface area contributed by atoms with Crippen LogP contribution in [0.1, 0.15) is 36.1 Å². The Hall–Kier alpha value is -4.34. The van der Waals surface area contributed by atoms with Gasteiger partial charge in [-0.25, -0.2) is 9.80 Å². The molecular weight excluding hydrogens is 428 g/mol. The van der Waals surface area contributed by atoms with Crippen LogP contribution in [0.2, 0.25) is 0 Å². The van der Waals surface area contributed by atoms with Gasteiger partial charge < -0.3 is 14.6 Å². The number of ether oxygens (including phenoxy) is 2. The number of hydrogen-bond donors (Lipinski definition) is 2. The second-order valence-electron chi connectivity index (χ2n) is 7.77. The third kappa shape index (κ3) is 3.65. The Morgan fingerprint density at radius 1 is 1.15 bits per heavy atom. The molecule has 5 rings (SSSR count). The van der Waals surface area contributed by atoms with E-state index in [4.69, 9.17) is 9.47 Å². The van der Waals surface area contributed by atoms with E-state index in [-0.39, 0.29) is 36.9 Å². The third-order valence-corrected chi connectivity index (χ3v) is 5.66. The summed E-state index contributed by atoms with van der Waals surface area (Å²) in [5.41, 5.74) is 0.0647. The molecular formula is C23H20N4O6. The minimum Gasteiger partial charge on any atom is -0.494 e. The average molecular weight is 448 g/mol. The molecule has 0 radical (unpaired) electrons. The SMILES string of the molecule is CC(=O)N1N=C(c2c(O)n(Cc3ccccc3)c(=O)[nH]c2=O)C[C@@H]1c1ccc2c(c1)OCO2. The number of H-pyrrole nitrogens is 1. The highest BCUT2D eigenvalue weighted by Crippen LogP contribution is 2.39. The molecule has 0 fully saturated rings. The number of hydrogen-bond acceptors (Lipinski definition) is 7. The number of benzene rings is 2. The molecule has 0 saturated carbocycles. The van der Waals surface area contributed by atoms with E-state index in [9.17, 15) is 19.5 Å². The Bertz CT molecular complexity index is 1390. The van der Waals surface area contributed by atoms with E-state index in [1.54, 1.807) is 30.3 Å². The molecule has 33 heavy (non-hydrogen) atoms. The molecule has 0 aliphatic carbocycles. The Morgan fingerprint density at radius 2 is 1.91 bits per heavy atom. The third-order valence-electron chi connectivity index (χ3n) is 5.66. The molecule has 0 saturated heterocycles. The van der Waals surface area contributed by atoms with E-state index in [1.165, 1.54) is 11.9 Å². The minimum absolute atomic E-state index is 0.0601. The van der Waals surface area contributed by atoms with Crippen molar-refractivity contribution in [2.45, 2.75) is 25.9 Å². The number of aromatic amines is 1. The fourth-order valence-corrected chi connectivity index (χ4v) is 4.06. The summed E-state index contributed by atoms with van der Waals surface area (Å²) in [6.07, 6.45) is 0.166. The van der Waals surface area contributed by atoms with Gasteiger partial charge in [-0.3, -0.25) is 19.1 Å². The van der Waals surface area contributed by atoms with Crippen molar-refractivity contribution >= 4 is 11.6 Å². The molecule has 10 heteroatoms. The lowest BCUT2D eigenvalue weighted by Gasteiger charge is -2.20. The molecule has 1 atom stereocenters. The van der Waals surface area contributed by atoms with E-state index < -0.39 is 23.2 Å². The maximum Gasteiger partial charge on any atom is 0.331 e. The summed E-state index contributed by atoms with van der Waals surface area (Å²) in [5.74, 6) is 0.332. The van der Waals surface area contributed by atoms with Crippen LogP contribution in [0.25, 0.3) is 0 Å². The Morgan fingerprint density at radius 3 is 2.67 bits per heavy atom. The van der Waals surface area contributed by atoms with Crippen LogP contribution in [-0.4, -0.2) is 38.1 Å². The van der Waals surface area contributed by atoms with E-state index in [0.29, 0.717) is 11.5 Å². The number of rotatable bonds is 4. The number of nitrogens with one attached hydrogen (secondary N) is 1. The highest BCUT2D eigenvalue weighted by Gasteiger charge is 2.35. The number of carbonyl (C=O) groups is 1. The van der Waals surface area contributed by atoms with Crippen LogP contribution in [0.15, 0.2) is 63.2 Å². The summed E-state index contributed by atoms with van der Waals surface area (Å²) in [6.45, 7) is 1.55. The monoisotopic (exact) mass is 448 g/mol. The molecule has 0 unspecified atom stereocenters. The van der Waals surface area contributed by atoms with Crippen molar-refractivity contribution in [2.24, 2.45) is 5.10 Å². The molecule has 0 bridgehead atoms. The predicted molar refractivity (Wildman–Crippen MR) is 118 cm³/mol. The van der Waals surface area contributed by atoms with Crippen LogP contribution >= 0.6 is 0 Å². The first-order chi connectivity index (χ1) is 15.9. The lowest BCUT2D eigenvalue weighted by atomic mass is 9.98. The number of nitrogens with zero attached hydrogens (tertiary/aromatic N) is 3. The van der Waals surface area contributed by atoms with Gasteiger partial charge in [0.05, 0.1) is 18.3 Å². The van der Waals surface area contributed by atoms with Crippen LogP contribution in [0.4, 0.5) is 0 Å². The van der Waals surface area contributed by atoms with Gasteiger partial charge >= 0.3 is 5.69 Å². The lowest BCUT2D eigenvalue weighted by Crippen LogP contribution is -2.34. The normalized spacial score (nSPS) is 16.7. The zero-order valence-corrected chi connectivity index (χ0v) is 17.6. The predicted octanol–water partition coefficient (Wildman–Crippen LogP) is 1.72. The van der Waals surface area contributed by atoms with Gasteiger partial charge in [0, 0.05) is 13.3 Å². The maximum absolute atomic E-state index is 12.7. The second kappa shape index (κ2) is 7.97.